The second kappa shape index (κ2) is 7.81. The number of carbonyl (C=O) groups excluding carboxylic acids is 2. The van der Waals surface area contributed by atoms with Gasteiger partial charge in [-0.2, -0.15) is 0 Å². The van der Waals surface area contributed by atoms with Crippen LogP contribution in [0.3, 0.4) is 0 Å². The van der Waals surface area contributed by atoms with Crippen molar-refractivity contribution in [3.63, 3.8) is 0 Å². The second-order valence-corrected chi connectivity index (χ2v) is 4.47. The van der Waals surface area contributed by atoms with Gasteiger partial charge in [0, 0.05) is 17.1 Å². The molecule has 0 heterocycles. The minimum atomic E-state index is -0.525. The molecule has 0 N–H and O–H groups in total. The third kappa shape index (κ3) is 5.14. The van der Waals surface area contributed by atoms with Gasteiger partial charge in [0.05, 0.1) is 27.3 Å². The fraction of sp³-hybridized carbons (Fsp3) is 0.385. The first-order chi connectivity index (χ1) is 9.46. The highest BCUT2D eigenvalue weighted by Gasteiger charge is 2.17. The number of halogens is 2. The molecule has 0 atom stereocenters. The molecule has 1 rings (SSSR count). The minimum Gasteiger partial charge on any atom is -0.468 e. The number of carbonyl (C=O) groups is 2. The standard InChI is InChI=1S/C13H15ClFNO4/c1-19-12(17)7-16(8-13(18)20-2)6-9-3-4-10(14)5-11(9)15/h3-5H,6-8H2,1-2H3. The van der Waals surface area contributed by atoms with E-state index in [0.29, 0.717) is 5.56 Å². The molecule has 110 valence electrons. The molecule has 0 aromatic heterocycles. The maximum absolute atomic E-state index is 13.7. The molecule has 0 aliphatic rings. The summed E-state index contributed by atoms with van der Waals surface area (Å²) in [7, 11) is 2.48. The predicted molar refractivity (Wildman–Crippen MR) is 70.7 cm³/mol. The van der Waals surface area contributed by atoms with Crippen molar-refractivity contribution in [2.45, 2.75) is 6.54 Å². The fourth-order valence-corrected chi connectivity index (χ4v) is 1.71. The molecule has 0 fully saturated rings. The molecule has 20 heavy (non-hydrogen) atoms. The Labute approximate surface area is 121 Å². The van der Waals surface area contributed by atoms with Crippen LogP contribution in [0.2, 0.25) is 5.02 Å². The number of hydrogen-bond acceptors (Lipinski definition) is 5. The van der Waals surface area contributed by atoms with Crippen LogP contribution in [-0.2, 0) is 25.6 Å². The zero-order valence-corrected chi connectivity index (χ0v) is 11.9. The zero-order valence-electron chi connectivity index (χ0n) is 11.2. The quantitative estimate of drug-likeness (QED) is 0.748. The monoisotopic (exact) mass is 303 g/mol. The van der Waals surface area contributed by atoms with E-state index in [4.69, 9.17) is 11.6 Å². The summed E-state index contributed by atoms with van der Waals surface area (Å²) in [6.45, 7) is -0.228. The highest BCUT2D eigenvalue weighted by atomic mass is 35.5. The summed E-state index contributed by atoms with van der Waals surface area (Å²) < 4.78 is 22.8. The molecule has 7 heteroatoms. The molecular weight excluding hydrogens is 289 g/mol. The molecule has 0 saturated heterocycles. The van der Waals surface area contributed by atoms with Gasteiger partial charge in [0.2, 0.25) is 0 Å². The van der Waals surface area contributed by atoms with Crippen LogP contribution in [0, 0.1) is 5.82 Å². The lowest BCUT2D eigenvalue weighted by atomic mass is 10.2. The van der Waals surface area contributed by atoms with E-state index in [0.717, 1.165) is 0 Å². The first kappa shape index (κ1) is 16.4. The highest BCUT2D eigenvalue weighted by Crippen LogP contribution is 2.16. The van der Waals surface area contributed by atoms with Crippen LogP contribution in [0.1, 0.15) is 5.56 Å². The maximum Gasteiger partial charge on any atom is 0.319 e. The zero-order chi connectivity index (χ0) is 15.1. The average molecular weight is 304 g/mol. The molecular formula is C13H15ClFNO4. The molecule has 1 aromatic rings. The topological polar surface area (TPSA) is 55.8 Å². The number of esters is 2. The van der Waals surface area contributed by atoms with Gasteiger partial charge < -0.3 is 9.47 Å². The van der Waals surface area contributed by atoms with Crippen molar-refractivity contribution in [3.05, 3.63) is 34.6 Å². The number of methoxy groups -OCH3 is 2. The summed E-state index contributed by atoms with van der Waals surface area (Å²) in [5, 5.41) is 0.277. The van der Waals surface area contributed by atoms with Gasteiger partial charge >= 0.3 is 11.9 Å². The third-order valence-electron chi connectivity index (χ3n) is 2.57. The Morgan fingerprint density at radius 3 is 2.20 bits per heavy atom. The van der Waals surface area contributed by atoms with Crippen LogP contribution >= 0.6 is 11.6 Å². The van der Waals surface area contributed by atoms with Crippen LogP contribution in [0.5, 0.6) is 0 Å². The van der Waals surface area contributed by atoms with E-state index in [9.17, 15) is 14.0 Å². The molecule has 0 spiro atoms. The van der Waals surface area contributed by atoms with Crippen molar-refractivity contribution < 1.29 is 23.5 Å². The summed E-state index contributed by atoms with van der Waals surface area (Å²) >= 11 is 5.67. The largest absolute Gasteiger partial charge is 0.468 e. The number of rotatable bonds is 6. The van der Waals surface area contributed by atoms with Gasteiger partial charge in [-0.15, -0.1) is 0 Å². The van der Waals surface area contributed by atoms with Crippen LogP contribution in [0.15, 0.2) is 18.2 Å². The predicted octanol–water partition coefficient (Wildman–Crippen LogP) is 1.63. The van der Waals surface area contributed by atoms with E-state index < -0.39 is 17.8 Å². The number of benzene rings is 1. The van der Waals surface area contributed by atoms with E-state index in [2.05, 4.69) is 9.47 Å². The van der Waals surface area contributed by atoms with Crippen LogP contribution < -0.4 is 0 Å². The first-order valence-corrected chi connectivity index (χ1v) is 6.14. The number of hydrogen-bond donors (Lipinski definition) is 0. The van der Waals surface area contributed by atoms with Crippen LogP contribution in [0.4, 0.5) is 4.39 Å². The van der Waals surface area contributed by atoms with Crippen molar-refractivity contribution in [1.29, 1.82) is 0 Å². The Bertz CT molecular complexity index is 477. The Balaban J connectivity index is 2.81. The lowest BCUT2D eigenvalue weighted by Gasteiger charge is -2.20. The van der Waals surface area contributed by atoms with E-state index in [1.165, 1.54) is 37.3 Å². The highest BCUT2D eigenvalue weighted by molar-refractivity contribution is 6.30. The van der Waals surface area contributed by atoms with Gasteiger partial charge in [0.25, 0.3) is 0 Å². The molecule has 0 unspecified atom stereocenters. The molecule has 5 nitrogen and oxygen atoms in total. The Kier molecular flexibility index (Phi) is 6.41. The second-order valence-electron chi connectivity index (χ2n) is 4.03. The lowest BCUT2D eigenvalue weighted by Crippen LogP contribution is -2.35. The van der Waals surface area contributed by atoms with Gasteiger partial charge in [0.1, 0.15) is 5.82 Å². The minimum absolute atomic E-state index is 0.0627. The summed E-state index contributed by atoms with van der Waals surface area (Å²) in [6, 6.07) is 4.21. The molecule has 0 saturated carbocycles. The smallest absolute Gasteiger partial charge is 0.319 e. The third-order valence-corrected chi connectivity index (χ3v) is 2.80. The summed E-state index contributed by atoms with van der Waals surface area (Å²) in [4.78, 5) is 24.0. The van der Waals surface area contributed by atoms with Gasteiger partial charge in [0.15, 0.2) is 0 Å². The van der Waals surface area contributed by atoms with Crippen molar-refractivity contribution in [3.8, 4) is 0 Å². The van der Waals surface area contributed by atoms with E-state index in [-0.39, 0.29) is 24.7 Å². The van der Waals surface area contributed by atoms with Gasteiger partial charge in [-0.25, -0.2) is 4.39 Å². The molecule has 0 bridgehead atoms. The van der Waals surface area contributed by atoms with Crippen LogP contribution in [-0.4, -0.2) is 44.1 Å². The molecule has 1 aromatic carbocycles. The number of ether oxygens (including phenoxy) is 2. The summed E-state index contributed by atoms with van der Waals surface area (Å²) in [5.74, 6) is -1.55. The van der Waals surface area contributed by atoms with Gasteiger partial charge in [-0.3, -0.25) is 14.5 Å². The normalized spacial score (nSPS) is 10.4. The maximum atomic E-state index is 13.7. The average Bonchev–Trinajstić information content (AvgIpc) is 2.41. The van der Waals surface area contributed by atoms with Crippen molar-refractivity contribution in [2.24, 2.45) is 0 Å². The molecule has 0 aliphatic heterocycles. The van der Waals surface area contributed by atoms with Crippen molar-refractivity contribution in [1.82, 2.24) is 4.90 Å². The molecule has 0 radical (unpaired) electrons. The molecule has 0 aliphatic carbocycles. The lowest BCUT2D eigenvalue weighted by molar-refractivity contribution is -0.145. The van der Waals surface area contributed by atoms with E-state index >= 15 is 0 Å². The fourth-order valence-electron chi connectivity index (χ4n) is 1.55. The SMILES string of the molecule is COC(=O)CN(CC(=O)OC)Cc1ccc(Cl)cc1F. The Hall–Kier alpha value is -1.66. The molecule has 0 amide bonds. The van der Waals surface area contributed by atoms with Crippen LogP contribution in [0.25, 0.3) is 0 Å². The summed E-state index contributed by atoms with van der Waals surface area (Å²) in [6.07, 6.45) is 0. The Morgan fingerprint density at radius 1 is 1.20 bits per heavy atom. The van der Waals surface area contributed by atoms with E-state index in [1.54, 1.807) is 0 Å². The Morgan fingerprint density at radius 2 is 1.75 bits per heavy atom. The van der Waals surface area contributed by atoms with Gasteiger partial charge in [-0.1, -0.05) is 17.7 Å². The first-order valence-electron chi connectivity index (χ1n) is 5.76. The van der Waals surface area contributed by atoms with E-state index in [1.807, 2.05) is 0 Å². The van der Waals surface area contributed by atoms with Crippen molar-refractivity contribution in [2.75, 3.05) is 27.3 Å². The number of nitrogens with zero attached hydrogens (tertiary/aromatic N) is 1. The summed E-state index contributed by atoms with van der Waals surface area (Å²) in [5.41, 5.74) is 0.321. The van der Waals surface area contributed by atoms with Gasteiger partial charge in [-0.05, 0) is 12.1 Å². The van der Waals surface area contributed by atoms with Crippen molar-refractivity contribution >= 4 is 23.5 Å².